The Morgan fingerprint density at radius 3 is 2.23 bits per heavy atom. The summed E-state index contributed by atoms with van der Waals surface area (Å²) in [5.41, 5.74) is 0.998. The average molecular weight is 375 g/mol. The molecule has 26 heavy (non-hydrogen) atoms. The van der Waals surface area contributed by atoms with Gasteiger partial charge in [0.25, 0.3) is 0 Å². The van der Waals surface area contributed by atoms with Crippen LogP contribution in [0.4, 0.5) is 17.6 Å². The smallest absolute Gasteiger partial charge is 0.227 e. The lowest BCUT2D eigenvalue weighted by molar-refractivity contribution is 0.122. The number of aromatic nitrogens is 3. The first kappa shape index (κ1) is 17.3. The van der Waals surface area contributed by atoms with E-state index in [0.29, 0.717) is 5.02 Å². The van der Waals surface area contributed by atoms with Gasteiger partial charge in [0.15, 0.2) is 0 Å². The average Bonchev–Trinajstić information content (AvgIpc) is 2.69. The van der Waals surface area contributed by atoms with Crippen LogP contribution in [0, 0.1) is 6.92 Å². The number of anilines is 3. The Labute approximate surface area is 158 Å². The molecule has 4 rings (SSSR count). The van der Waals surface area contributed by atoms with Gasteiger partial charge in [-0.3, -0.25) is 0 Å². The minimum Gasteiger partial charge on any atom is -0.378 e. The van der Waals surface area contributed by atoms with Gasteiger partial charge in [-0.05, 0) is 19.1 Å². The molecule has 2 aliphatic heterocycles. The molecule has 0 spiro atoms. The molecule has 7 nitrogen and oxygen atoms in total. The second-order valence-electron chi connectivity index (χ2n) is 6.58. The standard InChI is InChI=1S/C18H23ClN6O/c1-14-12-17(22-18(21-14)25-8-10-26-11-9-25)24-6-4-23(5-7-24)16-3-2-15(19)13-20-16/h2-3,12-13H,4-11H2,1H3. The van der Waals surface area contributed by atoms with Crippen LogP contribution in [0.5, 0.6) is 0 Å². The van der Waals surface area contributed by atoms with Crippen LogP contribution in [0.15, 0.2) is 24.4 Å². The molecular weight excluding hydrogens is 352 g/mol. The van der Waals surface area contributed by atoms with Gasteiger partial charge >= 0.3 is 0 Å². The summed E-state index contributed by atoms with van der Waals surface area (Å²) < 4.78 is 5.43. The van der Waals surface area contributed by atoms with Crippen LogP contribution in [0.25, 0.3) is 0 Å². The van der Waals surface area contributed by atoms with E-state index in [1.54, 1.807) is 6.20 Å². The first-order valence-electron chi connectivity index (χ1n) is 8.99. The van der Waals surface area contributed by atoms with Crippen LogP contribution < -0.4 is 14.7 Å². The molecule has 0 aromatic carbocycles. The molecule has 2 saturated heterocycles. The topological polar surface area (TPSA) is 57.6 Å². The maximum Gasteiger partial charge on any atom is 0.227 e. The summed E-state index contributed by atoms with van der Waals surface area (Å²) in [5.74, 6) is 2.79. The third-order valence-electron chi connectivity index (χ3n) is 4.76. The van der Waals surface area contributed by atoms with E-state index in [2.05, 4.69) is 30.7 Å². The first-order valence-corrected chi connectivity index (χ1v) is 9.37. The summed E-state index contributed by atoms with van der Waals surface area (Å²) >= 11 is 5.93. The quantitative estimate of drug-likeness (QED) is 0.814. The summed E-state index contributed by atoms with van der Waals surface area (Å²) in [7, 11) is 0. The summed E-state index contributed by atoms with van der Waals surface area (Å²) in [6.07, 6.45) is 1.70. The Morgan fingerprint density at radius 1 is 0.885 bits per heavy atom. The van der Waals surface area contributed by atoms with Crippen molar-refractivity contribution in [1.29, 1.82) is 0 Å². The monoisotopic (exact) mass is 374 g/mol. The fourth-order valence-corrected chi connectivity index (χ4v) is 3.43. The number of ether oxygens (including phenoxy) is 1. The number of hydrogen-bond acceptors (Lipinski definition) is 7. The van der Waals surface area contributed by atoms with Crippen molar-refractivity contribution in [3.8, 4) is 0 Å². The van der Waals surface area contributed by atoms with Gasteiger partial charge in [0.1, 0.15) is 11.6 Å². The Hall–Kier alpha value is -2.12. The van der Waals surface area contributed by atoms with E-state index in [0.717, 1.165) is 75.8 Å². The molecule has 0 unspecified atom stereocenters. The highest BCUT2D eigenvalue weighted by molar-refractivity contribution is 6.30. The fraction of sp³-hybridized carbons (Fsp3) is 0.500. The van der Waals surface area contributed by atoms with E-state index in [4.69, 9.17) is 21.3 Å². The predicted molar refractivity (Wildman–Crippen MR) is 103 cm³/mol. The third kappa shape index (κ3) is 3.83. The van der Waals surface area contributed by atoms with Gasteiger partial charge in [0, 0.05) is 57.2 Å². The second-order valence-corrected chi connectivity index (χ2v) is 7.01. The molecule has 2 aromatic heterocycles. The van der Waals surface area contributed by atoms with Gasteiger partial charge in [0.2, 0.25) is 5.95 Å². The minimum atomic E-state index is 0.666. The number of hydrogen-bond donors (Lipinski definition) is 0. The largest absolute Gasteiger partial charge is 0.378 e. The van der Waals surface area contributed by atoms with E-state index in [9.17, 15) is 0 Å². The van der Waals surface area contributed by atoms with E-state index < -0.39 is 0 Å². The Bertz CT molecular complexity index is 742. The molecule has 0 atom stereocenters. The van der Waals surface area contributed by atoms with Gasteiger partial charge in [-0.1, -0.05) is 11.6 Å². The SMILES string of the molecule is Cc1cc(N2CCN(c3ccc(Cl)cn3)CC2)nc(N2CCOCC2)n1. The molecule has 2 aromatic rings. The number of halogens is 1. The highest BCUT2D eigenvalue weighted by atomic mass is 35.5. The van der Waals surface area contributed by atoms with Gasteiger partial charge in [-0.25, -0.2) is 9.97 Å². The normalized spacial score (nSPS) is 18.3. The van der Waals surface area contributed by atoms with E-state index in [1.165, 1.54) is 0 Å². The van der Waals surface area contributed by atoms with Gasteiger partial charge < -0.3 is 19.4 Å². The van der Waals surface area contributed by atoms with Crippen LogP contribution in [0.3, 0.4) is 0 Å². The number of rotatable bonds is 3. The van der Waals surface area contributed by atoms with Crippen LogP contribution >= 0.6 is 11.6 Å². The maximum absolute atomic E-state index is 5.93. The highest BCUT2D eigenvalue weighted by Gasteiger charge is 2.21. The Kier molecular flexibility index (Phi) is 5.08. The fourth-order valence-electron chi connectivity index (χ4n) is 3.32. The minimum absolute atomic E-state index is 0.666. The molecule has 0 aliphatic carbocycles. The van der Waals surface area contributed by atoms with Crippen molar-refractivity contribution < 1.29 is 4.74 Å². The van der Waals surface area contributed by atoms with E-state index in [1.807, 2.05) is 19.1 Å². The summed E-state index contributed by atoms with van der Waals surface area (Å²) in [5, 5.41) is 0.666. The second kappa shape index (κ2) is 7.63. The molecule has 2 fully saturated rings. The molecule has 0 bridgehead atoms. The van der Waals surface area contributed by atoms with Crippen LogP contribution in [0.2, 0.25) is 5.02 Å². The first-order chi connectivity index (χ1) is 12.7. The highest BCUT2D eigenvalue weighted by Crippen LogP contribution is 2.22. The number of aryl methyl sites for hydroxylation is 1. The van der Waals surface area contributed by atoms with Crippen LogP contribution in [0.1, 0.15) is 5.69 Å². The molecule has 0 saturated carbocycles. The Balaban J connectivity index is 1.45. The summed E-state index contributed by atoms with van der Waals surface area (Å²) in [6.45, 7) is 8.82. The molecule has 0 radical (unpaired) electrons. The summed E-state index contributed by atoms with van der Waals surface area (Å²) in [4.78, 5) is 20.7. The van der Waals surface area contributed by atoms with Crippen molar-refractivity contribution in [3.63, 3.8) is 0 Å². The Morgan fingerprint density at radius 2 is 1.58 bits per heavy atom. The van der Waals surface area contributed by atoms with Crippen molar-refractivity contribution in [2.45, 2.75) is 6.92 Å². The van der Waals surface area contributed by atoms with Gasteiger partial charge in [-0.15, -0.1) is 0 Å². The zero-order valence-corrected chi connectivity index (χ0v) is 15.7. The van der Waals surface area contributed by atoms with Crippen molar-refractivity contribution >= 4 is 29.2 Å². The number of nitrogens with zero attached hydrogens (tertiary/aromatic N) is 6. The zero-order valence-electron chi connectivity index (χ0n) is 14.9. The van der Waals surface area contributed by atoms with Crippen LogP contribution in [-0.2, 0) is 4.74 Å². The van der Waals surface area contributed by atoms with Gasteiger partial charge in [0.05, 0.1) is 18.2 Å². The maximum atomic E-state index is 5.93. The van der Waals surface area contributed by atoms with Gasteiger partial charge in [-0.2, -0.15) is 4.98 Å². The lowest BCUT2D eigenvalue weighted by atomic mass is 10.3. The molecule has 2 aliphatic rings. The molecule has 0 amide bonds. The lowest BCUT2D eigenvalue weighted by Crippen LogP contribution is -2.47. The van der Waals surface area contributed by atoms with Crippen molar-refractivity contribution in [3.05, 3.63) is 35.1 Å². The molecular formula is C18H23ClN6O. The van der Waals surface area contributed by atoms with E-state index in [-0.39, 0.29) is 0 Å². The molecule has 0 N–H and O–H groups in total. The van der Waals surface area contributed by atoms with Crippen molar-refractivity contribution in [2.24, 2.45) is 0 Å². The molecule has 4 heterocycles. The number of pyridine rings is 1. The number of morpholine rings is 1. The molecule has 138 valence electrons. The third-order valence-corrected chi connectivity index (χ3v) is 4.99. The van der Waals surface area contributed by atoms with E-state index >= 15 is 0 Å². The summed E-state index contributed by atoms with van der Waals surface area (Å²) in [6, 6.07) is 5.93. The number of piperazine rings is 1. The van der Waals surface area contributed by atoms with Crippen molar-refractivity contribution in [2.75, 3.05) is 67.2 Å². The lowest BCUT2D eigenvalue weighted by Gasteiger charge is -2.36. The van der Waals surface area contributed by atoms with Crippen molar-refractivity contribution in [1.82, 2.24) is 15.0 Å². The predicted octanol–water partition coefficient (Wildman–Crippen LogP) is 2.00. The van der Waals surface area contributed by atoms with Crippen LogP contribution in [-0.4, -0.2) is 67.4 Å². The zero-order chi connectivity index (χ0) is 17.9. The molecule has 8 heteroatoms.